The summed E-state index contributed by atoms with van der Waals surface area (Å²) in [6.07, 6.45) is 0. The van der Waals surface area contributed by atoms with Crippen molar-refractivity contribution in [2.24, 2.45) is 0 Å². The lowest BCUT2D eigenvalue weighted by Gasteiger charge is -2.27. The van der Waals surface area contributed by atoms with Crippen LogP contribution in [-0.4, -0.2) is 0 Å². The van der Waals surface area contributed by atoms with Crippen LogP contribution in [0.1, 0.15) is 81.3 Å². The third-order valence-electron chi connectivity index (χ3n) is 11.0. The van der Waals surface area contributed by atoms with Gasteiger partial charge in [-0.25, -0.2) is 0 Å². The Morgan fingerprint density at radius 2 is 0.630 bits per heavy atom. The minimum atomic E-state index is 0.293. The highest BCUT2D eigenvalue weighted by Crippen LogP contribution is 2.34. The Morgan fingerprint density at radius 3 is 0.889 bits per heavy atom. The van der Waals surface area contributed by atoms with Crippen LogP contribution in [0.25, 0.3) is 0 Å². The molecule has 2 nitrogen and oxygen atoms in total. The lowest BCUT2D eigenvalue weighted by atomic mass is 9.86. The molecule has 7 aromatic rings. The van der Waals surface area contributed by atoms with E-state index in [1.807, 2.05) is 0 Å². The van der Waals surface area contributed by atoms with Gasteiger partial charge in [0.15, 0.2) is 0 Å². The van der Waals surface area contributed by atoms with Crippen molar-refractivity contribution in [2.75, 3.05) is 9.80 Å². The Labute approximate surface area is 323 Å². The molecule has 270 valence electrons. The van der Waals surface area contributed by atoms with E-state index in [1.165, 1.54) is 67.0 Å². The predicted molar refractivity (Wildman–Crippen MR) is 229 cm³/mol. The van der Waals surface area contributed by atoms with Crippen molar-refractivity contribution < 1.29 is 0 Å². The molecular formula is C52H52N2. The Morgan fingerprint density at radius 1 is 0.352 bits per heavy atom. The summed E-state index contributed by atoms with van der Waals surface area (Å²) < 4.78 is 0. The van der Waals surface area contributed by atoms with Gasteiger partial charge in [0.1, 0.15) is 0 Å². The van der Waals surface area contributed by atoms with E-state index in [1.54, 1.807) is 0 Å². The van der Waals surface area contributed by atoms with Gasteiger partial charge in [0.2, 0.25) is 0 Å². The molecule has 2 heteroatoms. The molecular weight excluding hydrogens is 653 g/mol. The quantitative estimate of drug-likeness (QED) is 0.111. The number of anilines is 2. The zero-order valence-electron chi connectivity index (χ0n) is 32.2. The van der Waals surface area contributed by atoms with E-state index in [4.69, 9.17) is 0 Å². The second kappa shape index (κ2) is 17.3. The molecule has 0 heterocycles. The number of nitrogens with zero attached hydrogens (tertiary/aromatic N) is 2. The van der Waals surface area contributed by atoms with Crippen LogP contribution in [0.2, 0.25) is 0 Å². The summed E-state index contributed by atoms with van der Waals surface area (Å²) in [6, 6.07) is 66.6. The zero-order chi connectivity index (χ0) is 37.3. The molecule has 2 unspecified atom stereocenters. The van der Waals surface area contributed by atoms with E-state index in [0.717, 1.165) is 26.2 Å². The summed E-state index contributed by atoms with van der Waals surface area (Å²) in [5.74, 6) is 0.586. The van der Waals surface area contributed by atoms with Crippen molar-refractivity contribution >= 4 is 11.4 Å². The number of hydrogen-bond donors (Lipinski definition) is 0. The van der Waals surface area contributed by atoms with Crippen LogP contribution >= 0.6 is 0 Å². The minimum absolute atomic E-state index is 0.293. The molecule has 0 amide bonds. The maximum atomic E-state index is 2.49. The molecule has 0 radical (unpaired) electrons. The molecule has 0 aliphatic rings. The van der Waals surface area contributed by atoms with Gasteiger partial charge < -0.3 is 9.80 Å². The van der Waals surface area contributed by atoms with Crippen LogP contribution in [0.3, 0.4) is 0 Å². The smallest absolute Gasteiger partial charge is 0.0433 e. The topological polar surface area (TPSA) is 6.48 Å². The van der Waals surface area contributed by atoms with Crippen molar-refractivity contribution in [3.8, 4) is 0 Å². The van der Waals surface area contributed by atoms with Gasteiger partial charge in [0.05, 0.1) is 0 Å². The third kappa shape index (κ3) is 9.01. The summed E-state index contributed by atoms with van der Waals surface area (Å²) in [4.78, 5) is 4.97. The lowest BCUT2D eigenvalue weighted by Crippen LogP contribution is -2.22. The number of aryl methyl sites for hydroxylation is 2. The van der Waals surface area contributed by atoms with Gasteiger partial charge in [-0.2, -0.15) is 0 Å². The molecule has 0 saturated heterocycles. The van der Waals surface area contributed by atoms with Crippen LogP contribution in [0.15, 0.2) is 182 Å². The van der Waals surface area contributed by atoms with E-state index >= 15 is 0 Å². The van der Waals surface area contributed by atoms with E-state index in [9.17, 15) is 0 Å². The lowest BCUT2D eigenvalue weighted by molar-refractivity contribution is 0.797. The van der Waals surface area contributed by atoms with Crippen LogP contribution in [0.4, 0.5) is 11.4 Å². The zero-order valence-corrected chi connectivity index (χ0v) is 32.2. The van der Waals surface area contributed by atoms with Crippen LogP contribution in [0.5, 0.6) is 0 Å². The second-order valence-corrected chi connectivity index (χ2v) is 14.8. The first-order valence-electron chi connectivity index (χ1n) is 19.4. The van der Waals surface area contributed by atoms with Crippen molar-refractivity contribution in [1.82, 2.24) is 0 Å². The minimum Gasteiger partial charge on any atom is -0.363 e. The molecule has 2 atom stereocenters. The second-order valence-electron chi connectivity index (χ2n) is 14.8. The predicted octanol–water partition coefficient (Wildman–Crippen LogP) is 13.0. The average molecular weight is 705 g/mol. The van der Waals surface area contributed by atoms with Gasteiger partial charge in [0, 0.05) is 49.4 Å². The van der Waals surface area contributed by atoms with Gasteiger partial charge >= 0.3 is 0 Å². The molecule has 7 aromatic carbocycles. The third-order valence-corrected chi connectivity index (χ3v) is 11.0. The normalized spacial score (nSPS) is 12.2. The molecule has 0 aliphatic carbocycles. The Hall–Kier alpha value is -5.86. The van der Waals surface area contributed by atoms with Gasteiger partial charge in [-0.1, -0.05) is 172 Å². The molecule has 0 aliphatic heterocycles. The SMILES string of the molecule is Cc1cc(N(Cc2ccccc2)Cc2ccccc2)ccc1C(C)c1ccc(C(C)c2ccc(N(Cc3ccccc3)Cc3ccccc3)cc2C)cc1. The summed E-state index contributed by atoms with van der Waals surface area (Å²) in [6.45, 7) is 12.7. The molecule has 0 saturated carbocycles. The first-order valence-corrected chi connectivity index (χ1v) is 19.4. The van der Waals surface area contributed by atoms with E-state index in [2.05, 4.69) is 219 Å². The van der Waals surface area contributed by atoms with Gasteiger partial charge in [0.25, 0.3) is 0 Å². The number of rotatable bonds is 14. The summed E-state index contributed by atoms with van der Waals surface area (Å²) in [5.41, 5.74) is 15.9. The van der Waals surface area contributed by atoms with Crippen LogP contribution in [-0.2, 0) is 26.2 Å². The van der Waals surface area contributed by atoms with Crippen molar-refractivity contribution in [2.45, 2.75) is 65.7 Å². The van der Waals surface area contributed by atoms with Crippen molar-refractivity contribution in [1.29, 1.82) is 0 Å². The Balaban J connectivity index is 1.07. The van der Waals surface area contributed by atoms with E-state index in [0.29, 0.717) is 11.8 Å². The summed E-state index contributed by atoms with van der Waals surface area (Å²) in [7, 11) is 0. The van der Waals surface area contributed by atoms with Gasteiger partial charge in [-0.15, -0.1) is 0 Å². The number of benzene rings is 7. The maximum absolute atomic E-state index is 2.49. The van der Waals surface area contributed by atoms with Gasteiger partial charge in [-0.05, 0) is 93.7 Å². The summed E-state index contributed by atoms with van der Waals surface area (Å²) >= 11 is 0. The first kappa shape index (κ1) is 36.5. The Kier molecular flexibility index (Phi) is 11.7. The van der Waals surface area contributed by atoms with Crippen molar-refractivity contribution in [3.63, 3.8) is 0 Å². The van der Waals surface area contributed by atoms with Crippen molar-refractivity contribution in [3.05, 3.63) is 238 Å². The Bertz CT molecular complexity index is 1970. The van der Waals surface area contributed by atoms with Crippen LogP contribution < -0.4 is 9.80 Å². The largest absolute Gasteiger partial charge is 0.363 e. The fraction of sp³-hybridized carbons (Fsp3) is 0.192. The van der Waals surface area contributed by atoms with Crippen LogP contribution in [0, 0.1) is 13.8 Å². The monoisotopic (exact) mass is 704 g/mol. The molecule has 0 N–H and O–H groups in total. The summed E-state index contributed by atoms with van der Waals surface area (Å²) in [5, 5.41) is 0. The molecule has 0 bridgehead atoms. The molecule has 54 heavy (non-hydrogen) atoms. The van der Waals surface area contributed by atoms with Gasteiger partial charge in [-0.3, -0.25) is 0 Å². The fourth-order valence-corrected chi connectivity index (χ4v) is 7.81. The molecule has 0 aromatic heterocycles. The molecule has 7 rings (SSSR count). The molecule has 0 spiro atoms. The highest BCUT2D eigenvalue weighted by molar-refractivity contribution is 5.55. The molecule has 0 fully saturated rings. The first-order chi connectivity index (χ1) is 26.4. The maximum Gasteiger partial charge on any atom is 0.0433 e. The number of hydrogen-bond acceptors (Lipinski definition) is 2. The van der Waals surface area contributed by atoms with E-state index < -0.39 is 0 Å². The van der Waals surface area contributed by atoms with E-state index in [-0.39, 0.29) is 0 Å². The highest BCUT2D eigenvalue weighted by Gasteiger charge is 2.18. The standard InChI is InChI=1S/C52H52N2/c1-39-33-49(53(35-43-17-9-5-10-18-43)36-44-19-11-6-12-20-44)29-31-51(39)41(3)47-25-27-48(28-26-47)42(4)52-32-30-50(34-40(52)2)54(37-45-21-13-7-14-22-45)38-46-23-15-8-16-24-46/h5-34,41-42H,35-38H2,1-4H3. The fourth-order valence-electron chi connectivity index (χ4n) is 7.81. The average Bonchev–Trinajstić information content (AvgIpc) is 3.21. The highest BCUT2D eigenvalue weighted by atomic mass is 15.1.